The molecule has 0 aliphatic carbocycles. The molecule has 0 radical (unpaired) electrons. The number of benzene rings is 1. The highest BCUT2D eigenvalue weighted by Gasteiger charge is 2.19. The molecule has 1 aromatic heterocycles. The van der Waals surface area contributed by atoms with Crippen molar-refractivity contribution in [1.82, 2.24) is 15.5 Å². The van der Waals surface area contributed by atoms with Gasteiger partial charge in [0.1, 0.15) is 5.69 Å². The lowest BCUT2D eigenvalue weighted by molar-refractivity contribution is 0.0946. The molecule has 2 rings (SSSR count). The van der Waals surface area contributed by atoms with Crippen molar-refractivity contribution >= 4 is 21.8 Å². The lowest BCUT2D eigenvalue weighted by Gasteiger charge is -2.14. The standard InChI is InChI=1S/C15H18BrN3O/c1-15(2,3)13-8-12(18-19-13)14(20)17-9-10-5-4-6-11(16)7-10/h4-8H,9H2,1-3H3,(H,17,20)(H,18,19). The summed E-state index contributed by atoms with van der Waals surface area (Å²) in [5.74, 6) is -0.170. The molecule has 1 aromatic carbocycles. The van der Waals surface area contributed by atoms with E-state index in [4.69, 9.17) is 0 Å². The smallest absolute Gasteiger partial charge is 0.272 e. The van der Waals surface area contributed by atoms with Gasteiger partial charge in [-0.2, -0.15) is 5.10 Å². The number of hydrogen-bond donors (Lipinski definition) is 2. The second kappa shape index (κ2) is 5.79. The van der Waals surface area contributed by atoms with E-state index in [2.05, 4.69) is 52.2 Å². The SMILES string of the molecule is CC(C)(C)c1cc(C(=O)NCc2cccc(Br)c2)n[nH]1. The highest BCUT2D eigenvalue weighted by molar-refractivity contribution is 9.10. The van der Waals surface area contributed by atoms with E-state index in [0.717, 1.165) is 15.7 Å². The molecule has 1 heterocycles. The number of halogens is 1. The molecular weight excluding hydrogens is 318 g/mol. The average Bonchev–Trinajstić information content (AvgIpc) is 2.85. The molecule has 0 fully saturated rings. The first-order valence-electron chi connectivity index (χ1n) is 6.45. The van der Waals surface area contributed by atoms with Gasteiger partial charge in [0.05, 0.1) is 0 Å². The summed E-state index contributed by atoms with van der Waals surface area (Å²) in [6.45, 7) is 6.70. The molecule has 20 heavy (non-hydrogen) atoms. The van der Waals surface area contributed by atoms with Gasteiger partial charge in [-0.1, -0.05) is 48.8 Å². The largest absolute Gasteiger partial charge is 0.347 e. The third kappa shape index (κ3) is 3.70. The van der Waals surface area contributed by atoms with Crippen LogP contribution in [0.25, 0.3) is 0 Å². The van der Waals surface area contributed by atoms with Gasteiger partial charge in [-0.25, -0.2) is 0 Å². The number of rotatable bonds is 3. The zero-order valence-electron chi connectivity index (χ0n) is 11.8. The highest BCUT2D eigenvalue weighted by atomic mass is 79.9. The molecule has 0 aliphatic rings. The van der Waals surface area contributed by atoms with Gasteiger partial charge in [0.15, 0.2) is 0 Å². The minimum absolute atomic E-state index is 0.0458. The maximum Gasteiger partial charge on any atom is 0.272 e. The van der Waals surface area contributed by atoms with E-state index in [1.165, 1.54) is 0 Å². The zero-order chi connectivity index (χ0) is 14.8. The van der Waals surface area contributed by atoms with Crippen molar-refractivity contribution < 1.29 is 4.79 Å². The van der Waals surface area contributed by atoms with E-state index in [0.29, 0.717) is 12.2 Å². The molecule has 0 unspecified atom stereocenters. The van der Waals surface area contributed by atoms with E-state index < -0.39 is 0 Å². The van der Waals surface area contributed by atoms with Gasteiger partial charge in [-0.3, -0.25) is 9.89 Å². The molecule has 2 N–H and O–H groups in total. The maximum atomic E-state index is 12.0. The fourth-order valence-electron chi connectivity index (χ4n) is 1.74. The van der Waals surface area contributed by atoms with Gasteiger partial charge >= 0.3 is 0 Å². The number of carbonyl (C=O) groups is 1. The minimum Gasteiger partial charge on any atom is -0.347 e. The number of amides is 1. The summed E-state index contributed by atoms with van der Waals surface area (Å²) >= 11 is 3.41. The first-order valence-corrected chi connectivity index (χ1v) is 7.24. The molecule has 0 bridgehead atoms. The van der Waals surface area contributed by atoms with Crippen molar-refractivity contribution in [3.63, 3.8) is 0 Å². The van der Waals surface area contributed by atoms with Crippen molar-refractivity contribution in [2.75, 3.05) is 0 Å². The van der Waals surface area contributed by atoms with Gasteiger partial charge in [-0.15, -0.1) is 0 Å². The Morgan fingerprint density at radius 1 is 1.35 bits per heavy atom. The molecule has 0 atom stereocenters. The van der Waals surface area contributed by atoms with Crippen LogP contribution in [0.4, 0.5) is 0 Å². The third-order valence-corrected chi connectivity index (χ3v) is 3.45. The number of nitrogens with one attached hydrogen (secondary N) is 2. The Hall–Kier alpha value is -1.62. The van der Waals surface area contributed by atoms with E-state index >= 15 is 0 Å². The van der Waals surface area contributed by atoms with E-state index in [9.17, 15) is 4.79 Å². The Balaban J connectivity index is 2.00. The Morgan fingerprint density at radius 3 is 2.70 bits per heavy atom. The van der Waals surface area contributed by atoms with Gasteiger partial charge in [0.2, 0.25) is 0 Å². The van der Waals surface area contributed by atoms with Crippen LogP contribution in [0.2, 0.25) is 0 Å². The molecule has 106 valence electrons. The van der Waals surface area contributed by atoms with Gasteiger partial charge in [0.25, 0.3) is 5.91 Å². The zero-order valence-corrected chi connectivity index (χ0v) is 13.4. The number of aromatic nitrogens is 2. The number of H-pyrrole nitrogens is 1. The van der Waals surface area contributed by atoms with Crippen molar-refractivity contribution in [3.05, 3.63) is 51.8 Å². The second-order valence-corrected chi connectivity index (χ2v) is 6.65. The molecule has 0 saturated carbocycles. The maximum absolute atomic E-state index is 12.0. The van der Waals surface area contributed by atoms with Crippen LogP contribution < -0.4 is 5.32 Å². The summed E-state index contributed by atoms with van der Waals surface area (Å²) in [5, 5.41) is 9.85. The normalized spacial score (nSPS) is 11.4. The van der Waals surface area contributed by atoms with Crippen molar-refractivity contribution in [2.24, 2.45) is 0 Å². The molecule has 2 aromatic rings. The predicted molar refractivity (Wildman–Crippen MR) is 82.6 cm³/mol. The lowest BCUT2D eigenvalue weighted by atomic mass is 9.92. The summed E-state index contributed by atoms with van der Waals surface area (Å²) in [4.78, 5) is 12.0. The molecular formula is C15H18BrN3O. The summed E-state index contributed by atoms with van der Waals surface area (Å²) in [6, 6.07) is 9.64. The van der Waals surface area contributed by atoms with Gasteiger partial charge in [-0.05, 0) is 23.8 Å². The number of carbonyl (C=O) groups excluding carboxylic acids is 1. The third-order valence-electron chi connectivity index (χ3n) is 2.96. The Kier molecular flexibility index (Phi) is 4.28. The van der Waals surface area contributed by atoms with Gasteiger partial charge < -0.3 is 5.32 Å². The average molecular weight is 336 g/mol. The van der Waals surface area contributed by atoms with E-state index in [-0.39, 0.29) is 11.3 Å². The minimum atomic E-state index is -0.170. The van der Waals surface area contributed by atoms with Crippen molar-refractivity contribution in [1.29, 1.82) is 0 Å². The highest BCUT2D eigenvalue weighted by Crippen LogP contribution is 2.20. The first-order chi connectivity index (χ1) is 9.36. The summed E-state index contributed by atoms with van der Waals surface area (Å²) < 4.78 is 0.999. The first kappa shape index (κ1) is 14.8. The fraction of sp³-hybridized carbons (Fsp3) is 0.333. The molecule has 0 aliphatic heterocycles. The quantitative estimate of drug-likeness (QED) is 0.903. The van der Waals surface area contributed by atoms with E-state index in [1.807, 2.05) is 24.3 Å². The van der Waals surface area contributed by atoms with Crippen LogP contribution in [-0.2, 0) is 12.0 Å². The molecule has 0 spiro atoms. The van der Waals surface area contributed by atoms with Crippen LogP contribution in [-0.4, -0.2) is 16.1 Å². The summed E-state index contributed by atoms with van der Waals surface area (Å²) in [6.07, 6.45) is 0. The monoisotopic (exact) mass is 335 g/mol. The predicted octanol–water partition coefficient (Wildman–Crippen LogP) is 3.40. The summed E-state index contributed by atoms with van der Waals surface area (Å²) in [5.41, 5.74) is 2.37. The summed E-state index contributed by atoms with van der Waals surface area (Å²) in [7, 11) is 0. The number of nitrogens with zero attached hydrogens (tertiary/aromatic N) is 1. The van der Waals surface area contributed by atoms with Gasteiger partial charge in [0, 0.05) is 22.1 Å². The van der Waals surface area contributed by atoms with E-state index in [1.54, 1.807) is 6.07 Å². The Morgan fingerprint density at radius 2 is 2.10 bits per heavy atom. The fourth-order valence-corrected chi connectivity index (χ4v) is 2.19. The van der Waals surface area contributed by atoms with Crippen molar-refractivity contribution in [3.8, 4) is 0 Å². The van der Waals surface area contributed by atoms with Crippen molar-refractivity contribution in [2.45, 2.75) is 32.7 Å². The molecule has 4 nitrogen and oxygen atoms in total. The van der Waals surface area contributed by atoms with Crippen LogP contribution in [0.15, 0.2) is 34.8 Å². The topological polar surface area (TPSA) is 57.8 Å². The van der Waals surface area contributed by atoms with Crippen LogP contribution in [0, 0.1) is 0 Å². The Labute approximate surface area is 127 Å². The number of aromatic amines is 1. The van der Waals surface area contributed by atoms with Crippen LogP contribution in [0.1, 0.15) is 42.5 Å². The van der Waals surface area contributed by atoms with Crippen LogP contribution >= 0.6 is 15.9 Å². The molecule has 0 saturated heterocycles. The van der Waals surface area contributed by atoms with Crippen LogP contribution in [0.3, 0.4) is 0 Å². The Bertz CT molecular complexity index is 614. The molecule has 5 heteroatoms. The number of hydrogen-bond acceptors (Lipinski definition) is 2. The second-order valence-electron chi connectivity index (χ2n) is 5.73. The lowest BCUT2D eigenvalue weighted by Crippen LogP contribution is -2.23. The van der Waals surface area contributed by atoms with Crippen LogP contribution in [0.5, 0.6) is 0 Å². The molecule has 1 amide bonds.